The zero-order valence-corrected chi connectivity index (χ0v) is 11.0. The Morgan fingerprint density at radius 3 is 2.89 bits per heavy atom. The molecule has 0 radical (unpaired) electrons. The summed E-state index contributed by atoms with van der Waals surface area (Å²) in [5.41, 5.74) is 2.25. The molecule has 0 bridgehead atoms. The molecule has 0 saturated carbocycles. The summed E-state index contributed by atoms with van der Waals surface area (Å²) in [5.74, 6) is 0.497. The Morgan fingerprint density at radius 1 is 1.42 bits per heavy atom. The second-order valence-electron chi connectivity index (χ2n) is 4.61. The standard InChI is InChI=1S/C14H18N2O3/c1-19-14-9-12(8-13(10-14)16(17)18)15-7-6-11-4-2-3-5-11/h4,8-10,15H,2-3,5-7H2,1H3. The number of nitro groups is 1. The molecule has 1 aromatic rings. The van der Waals surface area contributed by atoms with Crippen LogP contribution in [0.1, 0.15) is 25.7 Å². The van der Waals surface area contributed by atoms with E-state index in [2.05, 4.69) is 11.4 Å². The summed E-state index contributed by atoms with van der Waals surface area (Å²) in [4.78, 5) is 10.4. The quantitative estimate of drug-likeness (QED) is 0.484. The van der Waals surface area contributed by atoms with Gasteiger partial charge in [0.15, 0.2) is 0 Å². The third kappa shape index (κ3) is 3.71. The van der Waals surface area contributed by atoms with Crippen molar-refractivity contribution < 1.29 is 9.66 Å². The lowest BCUT2D eigenvalue weighted by Crippen LogP contribution is -2.03. The molecule has 0 aromatic heterocycles. The van der Waals surface area contributed by atoms with Crippen LogP contribution in [0.3, 0.4) is 0 Å². The van der Waals surface area contributed by atoms with Gasteiger partial charge in [0.2, 0.25) is 0 Å². The number of anilines is 1. The third-order valence-corrected chi connectivity index (χ3v) is 3.25. The lowest BCUT2D eigenvalue weighted by atomic mass is 10.1. The predicted molar refractivity (Wildman–Crippen MR) is 74.7 cm³/mol. The van der Waals surface area contributed by atoms with Gasteiger partial charge in [0, 0.05) is 24.4 Å². The van der Waals surface area contributed by atoms with E-state index in [0.29, 0.717) is 5.75 Å². The maximum Gasteiger partial charge on any atom is 0.275 e. The zero-order chi connectivity index (χ0) is 13.7. The lowest BCUT2D eigenvalue weighted by molar-refractivity contribution is -0.384. The average Bonchev–Trinajstić information content (AvgIpc) is 2.91. The molecule has 2 rings (SSSR count). The summed E-state index contributed by atoms with van der Waals surface area (Å²) in [7, 11) is 1.51. The van der Waals surface area contributed by atoms with Crippen LogP contribution in [0.25, 0.3) is 0 Å². The van der Waals surface area contributed by atoms with Crippen LogP contribution < -0.4 is 10.1 Å². The van der Waals surface area contributed by atoms with Crippen molar-refractivity contribution in [1.29, 1.82) is 0 Å². The van der Waals surface area contributed by atoms with Gasteiger partial charge >= 0.3 is 0 Å². The smallest absolute Gasteiger partial charge is 0.275 e. The Morgan fingerprint density at radius 2 is 2.26 bits per heavy atom. The van der Waals surface area contributed by atoms with E-state index in [9.17, 15) is 10.1 Å². The molecular weight excluding hydrogens is 244 g/mol. The molecule has 0 atom stereocenters. The molecule has 1 aromatic carbocycles. The molecule has 5 nitrogen and oxygen atoms in total. The summed E-state index contributed by atoms with van der Waals surface area (Å²) >= 11 is 0. The van der Waals surface area contributed by atoms with Crippen molar-refractivity contribution >= 4 is 11.4 Å². The van der Waals surface area contributed by atoms with Gasteiger partial charge in [-0.15, -0.1) is 0 Å². The van der Waals surface area contributed by atoms with Crippen molar-refractivity contribution in [2.24, 2.45) is 0 Å². The molecule has 0 amide bonds. The summed E-state index contributed by atoms with van der Waals surface area (Å²) in [6.45, 7) is 0.788. The average molecular weight is 262 g/mol. The molecule has 0 heterocycles. The molecule has 0 aliphatic heterocycles. The number of allylic oxidation sites excluding steroid dienone is 1. The van der Waals surface area contributed by atoms with Crippen LogP contribution in [0.2, 0.25) is 0 Å². The van der Waals surface area contributed by atoms with Crippen LogP contribution in [0, 0.1) is 10.1 Å². The van der Waals surface area contributed by atoms with Crippen LogP contribution in [-0.4, -0.2) is 18.6 Å². The first-order chi connectivity index (χ1) is 9.19. The number of hydrogen-bond acceptors (Lipinski definition) is 4. The molecule has 102 valence electrons. The molecule has 0 saturated heterocycles. The molecule has 0 unspecified atom stereocenters. The number of hydrogen-bond donors (Lipinski definition) is 1. The van der Waals surface area contributed by atoms with Gasteiger partial charge in [-0.3, -0.25) is 10.1 Å². The second kappa shape index (κ2) is 6.22. The number of rotatable bonds is 6. The Hall–Kier alpha value is -2.04. The number of non-ortho nitro benzene ring substituents is 1. The Bertz CT molecular complexity index is 497. The minimum Gasteiger partial charge on any atom is -0.496 e. The van der Waals surface area contributed by atoms with Crippen LogP contribution >= 0.6 is 0 Å². The second-order valence-corrected chi connectivity index (χ2v) is 4.61. The molecule has 1 N–H and O–H groups in total. The molecule has 0 fully saturated rings. The fraction of sp³-hybridized carbons (Fsp3) is 0.429. The first-order valence-electron chi connectivity index (χ1n) is 6.44. The summed E-state index contributed by atoms with van der Waals surface area (Å²) in [6, 6.07) is 4.73. The number of nitrogens with one attached hydrogen (secondary N) is 1. The van der Waals surface area contributed by atoms with E-state index in [4.69, 9.17) is 4.74 Å². The van der Waals surface area contributed by atoms with Gasteiger partial charge < -0.3 is 10.1 Å². The first-order valence-corrected chi connectivity index (χ1v) is 6.44. The van der Waals surface area contributed by atoms with Gasteiger partial charge in [-0.25, -0.2) is 0 Å². The van der Waals surface area contributed by atoms with E-state index in [0.717, 1.165) is 18.7 Å². The van der Waals surface area contributed by atoms with Gasteiger partial charge in [-0.05, 0) is 25.7 Å². The van der Waals surface area contributed by atoms with Crippen molar-refractivity contribution in [2.45, 2.75) is 25.7 Å². The SMILES string of the molecule is COc1cc(NCCC2=CCCC2)cc([N+](=O)[O-])c1. The summed E-state index contributed by atoms with van der Waals surface area (Å²) < 4.78 is 5.07. The fourth-order valence-corrected chi connectivity index (χ4v) is 2.24. The van der Waals surface area contributed by atoms with E-state index < -0.39 is 4.92 Å². The van der Waals surface area contributed by atoms with Gasteiger partial charge in [-0.2, -0.15) is 0 Å². The molecule has 5 heteroatoms. The molecule has 1 aliphatic carbocycles. The normalized spacial score (nSPS) is 14.1. The van der Waals surface area contributed by atoms with Crippen LogP contribution in [0.15, 0.2) is 29.8 Å². The first kappa shape index (κ1) is 13.4. The number of ether oxygens (including phenoxy) is 1. The van der Waals surface area contributed by atoms with Gasteiger partial charge in [0.1, 0.15) is 5.75 Å². The van der Waals surface area contributed by atoms with Crippen LogP contribution in [-0.2, 0) is 0 Å². The number of benzene rings is 1. The topological polar surface area (TPSA) is 64.4 Å². The molecule has 0 spiro atoms. The van der Waals surface area contributed by atoms with E-state index in [1.54, 1.807) is 6.07 Å². The summed E-state index contributed by atoms with van der Waals surface area (Å²) in [5, 5.41) is 14.0. The van der Waals surface area contributed by atoms with E-state index in [1.165, 1.54) is 44.1 Å². The van der Waals surface area contributed by atoms with Crippen molar-refractivity contribution in [2.75, 3.05) is 19.0 Å². The molecule has 1 aliphatic rings. The molecular formula is C14H18N2O3. The predicted octanol–water partition coefficient (Wildman–Crippen LogP) is 3.52. The number of nitro benzene ring substituents is 1. The Balaban J connectivity index is 1.98. The fourth-order valence-electron chi connectivity index (χ4n) is 2.24. The highest BCUT2D eigenvalue weighted by molar-refractivity contribution is 5.56. The minimum absolute atomic E-state index is 0.0435. The number of nitrogens with zero attached hydrogens (tertiary/aromatic N) is 1. The molecule has 19 heavy (non-hydrogen) atoms. The van der Waals surface area contributed by atoms with Crippen molar-refractivity contribution in [3.63, 3.8) is 0 Å². The van der Waals surface area contributed by atoms with Gasteiger partial charge in [0.05, 0.1) is 18.1 Å². The zero-order valence-electron chi connectivity index (χ0n) is 11.0. The summed E-state index contributed by atoms with van der Waals surface area (Å²) in [6.07, 6.45) is 6.89. The Kier molecular flexibility index (Phi) is 4.39. The van der Waals surface area contributed by atoms with Crippen LogP contribution in [0.4, 0.5) is 11.4 Å². The largest absolute Gasteiger partial charge is 0.496 e. The highest BCUT2D eigenvalue weighted by atomic mass is 16.6. The van der Waals surface area contributed by atoms with Crippen molar-refractivity contribution in [3.8, 4) is 5.75 Å². The highest BCUT2D eigenvalue weighted by Crippen LogP contribution is 2.26. The third-order valence-electron chi connectivity index (χ3n) is 3.25. The lowest BCUT2D eigenvalue weighted by Gasteiger charge is -2.08. The van der Waals surface area contributed by atoms with E-state index in [1.807, 2.05) is 0 Å². The van der Waals surface area contributed by atoms with Gasteiger partial charge in [0.25, 0.3) is 5.69 Å². The number of methoxy groups -OCH3 is 1. The maximum absolute atomic E-state index is 10.8. The van der Waals surface area contributed by atoms with Gasteiger partial charge in [-0.1, -0.05) is 11.6 Å². The monoisotopic (exact) mass is 262 g/mol. The van der Waals surface area contributed by atoms with Crippen LogP contribution in [0.5, 0.6) is 5.75 Å². The van der Waals surface area contributed by atoms with Crippen molar-refractivity contribution in [3.05, 3.63) is 40.0 Å². The minimum atomic E-state index is -0.410. The Labute approximate surface area is 112 Å². The highest BCUT2D eigenvalue weighted by Gasteiger charge is 2.10. The maximum atomic E-state index is 10.8. The van der Waals surface area contributed by atoms with E-state index in [-0.39, 0.29) is 5.69 Å². The van der Waals surface area contributed by atoms with E-state index >= 15 is 0 Å². The van der Waals surface area contributed by atoms with Crippen molar-refractivity contribution in [1.82, 2.24) is 0 Å².